The summed E-state index contributed by atoms with van der Waals surface area (Å²) in [6, 6.07) is 25.2. The normalized spacial score (nSPS) is 13.1. The quantitative estimate of drug-likeness (QED) is 0.120. The maximum atomic E-state index is 13.8. The van der Waals surface area contributed by atoms with Gasteiger partial charge in [0.05, 0.1) is 0 Å². The van der Waals surface area contributed by atoms with Crippen LogP contribution in [0.25, 0.3) is 21.7 Å². The molecule has 230 valence electrons. The molecule has 0 aliphatic carbocycles. The minimum Gasteiger partial charge on any atom is -0.399 e. The van der Waals surface area contributed by atoms with Crippen molar-refractivity contribution in [3.05, 3.63) is 114 Å². The lowest BCUT2D eigenvalue weighted by atomic mass is 9.99. The van der Waals surface area contributed by atoms with E-state index in [1.165, 1.54) is 6.92 Å². The molecular formula is C35H36N6O4. The predicted molar refractivity (Wildman–Crippen MR) is 175 cm³/mol. The zero-order chi connectivity index (χ0) is 31.9. The number of nitrogens with two attached hydrogens (primary N) is 2. The smallest absolute Gasteiger partial charge is 0.243 e. The number of benzene rings is 4. The van der Waals surface area contributed by atoms with Crippen molar-refractivity contribution >= 4 is 51.0 Å². The van der Waals surface area contributed by atoms with E-state index in [0.717, 1.165) is 38.4 Å². The first-order valence-corrected chi connectivity index (χ1v) is 14.7. The highest BCUT2D eigenvalue weighted by molar-refractivity contribution is 5.95. The van der Waals surface area contributed by atoms with Crippen molar-refractivity contribution < 1.29 is 19.2 Å². The van der Waals surface area contributed by atoms with Crippen molar-refractivity contribution in [3.8, 4) is 0 Å². The molecule has 3 atom stereocenters. The Balaban J connectivity index is 1.37. The topological polar surface area (TPSA) is 172 Å². The largest absolute Gasteiger partial charge is 0.399 e. The number of primary amides is 1. The number of anilines is 1. The van der Waals surface area contributed by atoms with Gasteiger partial charge in [-0.2, -0.15) is 0 Å². The van der Waals surface area contributed by atoms with Crippen LogP contribution in [0.3, 0.4) is 0 Å². The number of rotatable bonds is 12. The fraction of sp³-hybridized carbons (Fsp3) is 0.200. The summed E-state index contributed by atoms with van der Waals surface area (Å²) < 4.78 is 0. The number of carbonyl (C=O) groups excluding carboxylic acids is 4. The van der Waals surface area contributed by atoms with Gasteiger partial charge in [0, 0.05) is 49.0 Å². The van der Waals surface area contributed by atoms with Gasteiger partial charge in [-0.3, -0.25) is 19.2 Å². The summed E-state index contributed by atoms with van der Waals surface area (Å²) in [6.45, 7) is 1.33. The standard InChI is InChI=1S/C35H36N6O4/c1-21(42)39-31(18-23-10-13-24-6-2-3-7-25(24)16-23)34(44)41-32(17-22-11-14-27(36)15-12-22)35(45)40-30(33(37)43)19-26-20-38-29-9-5-4-8-28(26)29/h2-16,20,30-32,38H,17-19,36H2,1H3,(H2,37,43)(H,39,42)(H,40,45)(H,41,44). The number of amides is 4. The lowest BCUT2D eigenvalue weighted by Gasteiger charge is -2.25. The third-order valence-electron chi connectivity index (χ3n) is 7.76. The van der Waals surface area contributed by atoms with Crippen molar-refractivity contribution in [1.29, 1.82) is 0 Å². The maximum absolute atomic E-state index is 13.8. The number of aromatic nitrogens is 1. The zero-order valence-corrected chi connectivity index (χ0v) is 24.9. The molecule has 1 heterocycles. The van der Waals surface area contributed by atoms with E-state index >= 15 is 0 Å². The van der Waals surface area contributed by atoms with E-state index in [9.17, 15) is 19.2 Å². The fourth-order valence-electron chi connectivity index (χ4n) is 5.44. The number of hydrogen-bond acceptors (Lipinski definition) is 5. The third-order valence-corrected chi connectivity index (χ3v) is 7.76. The second-order valence-corrected chi connectivity index (χ2v) is 11.2. The van der Waals surface area contributed by atoms with Crippen molar-refractivity contribution in [3.63, 3.8) is 0 Å². The van der Waals surface area contributed by atoms with Gasteiger partial charge in [-0.05, 0) is 45.7 Å². The minimum absolute atomic E-state index is 0.110. The lowest BCUT2D eigenvalue weighted by molar-refractivity contribution is -0.133. The van der Waals surface area contributed by atoms with E-state index in [4.69, 9.17) is 11.5 Å². The molecule has 0 spiro atoms. The Bertz CT molecular complexity index is 1850. The van der Waals surface area contributed by atoms with Gasteiger partial charge in [0.1, 0.15) is 18.1 Å². The van der Waals surface area contributed by atoms with Gasteiger partial charge in [0.2, 0.25) is 23.6 Å². The van der Waals surface area contributed by atoms with Crippen molar-refractivity contribution in [2.75, 3.05) is 5.73 Å². The highest BCUT2D eigenvalue weighted by atomic mass is 16.2. The van der Waals surface area contributed by atoms with E-state index in [1.807, 2.05) is 66.7 Å². The summed E-state index contributed by atoms with van der Waals surface area (Å²) in [6.07, 6.45) is 2.26. The molecule has 0 fully saturated rings. The van der Waals surface area contributed by atoms with E-state index in [2.05, 4.69) is 20.9 Å². The molecular weight excluding hydrogens is 568 g/mol. The number of nitrogen functional groups attached to an aromatic ring is 1. The Kier molecular flexibility index (Phi) is 9.43. The lowest BCUT2D eigenvalue weighted by Crippen LogP contribution is -2.57. The second-order valence-electron chi connectivity index (χ2n) is 11.2. The minimum atomic E-state index is -1.08. The Hall–Kier alpha value is -5.64. The van der Waals surface area contributed by atoms with Crippen LogP contribution in [0.15, 0.2) is 97.2 Å². The summed E-state index contributed by atoms with van der Waals surface area (Å²) in [5, 5.41) is 11.3. The molecule has 10 heteroatoms. The summed E-state index contributed by atoms with van der Waals surface area (Å²) in [5.74, 6) is -2.22. The molecule has 0 aliphatic rings. The van der Waals surface area contributed by atoms with Crippen LogP contribution in [0, 0.1) is 0 Å². The van der Waals surface area contributed by atoms with Gasteiger partial charge in [0.15, 0.2) is 0 Å². The summed E-state index contributed by atoms with van der Waals surface area (Å²) in [7, 11) is 0. The first-order valence-electron chi connectivity index (χ1n) is 14.7. The number of para-hydroxylation sites is 1. The van der Waals surface area contributed by atoms with Crippen LogP contribution in [0.5, 0.6) is 0 Å². The number of carbonyl (C=O) groups is 4. The average molecular weight is 605 g/mol. The summed E-state index contributed by atoms with van der Waals surface area (Å²) >= 11 is 0. The molecule has 0 aliphatic heterocycles. The zero-order valence-electron chi connectivity index (χ0n) is 24.9. The molecule has 3 unspecified atom stereocenters. The second kappa shape index (κ2) is 13.8. The molecule has 0 saturated carbocycles. The van der Waals surface area contributed by atoms with Crippen LogP contribution in [-0.2, 0) is 38.4 Å². The van der Waals surface area contributed by atoms with E-state index < -0.39 is 35.8 Å². The van der Waals surface area contributed by atoms with Crippen LogP contribution in [0.2, 0.25) is 0 Å². The van der Waals surface area contributed by atoms with Crippen LogP contribution in [0.4, 0.5) is 5.69 Å². The third kappa shape index (κ3) is 7.85. The molecule has 5 aromatic rings. The summed E-state index contributed by atoms with van der Waals surface area (Å²) in [5.41, 5.74) is 15.4. The molecule has 45 heavy (non-hydrogen) atoms. The molecule has 10 nitrogen and oxygen atoms in total. The SMILES string of the molecule is CC(=O)NC(Cc1ccc2ccccc2c1)C(=O)NC(Cc1ccc(N)cc1)C(=O)NC(Cc1c[nH]c2ccccc12)C(N)=O. The fourth-order valence-corrected chi connectivity index (χ4v) is 5.44. The molecule has 0 radical (unpaired) electrons. The number of aromatic amines is 1. The van der Waals surface area contributed by atoms with Crippen LogP contribution in [-0.4, -0.2) is 46.7 Å². The van der Waals surface area contributed by atoms with Gasteiger partial charge in [-0.1, -0.05) is 72.8 Å². The molecule has 4 aromatic carbocycles. The highest BCUT2D eigenvalue weighted by Crippen LogP contribution is 2.20. The highest BCUT2D eigenvalue weighted by Gasteiger charge is 2.30. The molecule has 0 saturated heterocycles. The number of fused-ring (bicyclic) bond motifs is 2. The molecule has 0 bridgehead atoms. The van der Waals surface area contributed by atoms with Crippen molar-refractivity contribution in [2.45, 2.75) is 44.3 Å². The van der Waals surface area contributed by atoms with Gasteiger partial charge in [0.25, 0.3) is 0 Å². The number of hydrogen-bond donors (Lipinski definition) is 6. The van der Waals surface area contributed by atoms with Crippen LogP contribution < -0.4 is 27.4 Å². The Morgan fingerprint density at radius 1 is 0.689 bits per heavy atom. The summed E-state index contributed by atoms with van der Waals surface area (Å²) in [4.78, 5) is 55.3. The Labute approximate surface area is 260 Å². The average Bonchev–Trinajstić information content (AvgIpc) is 3.43. The first kappa shape index (κ1) is 30.8. The van der Waals surface area contributed by atoms with E-state index in [-0.39, 0.29) is 25.2 Å². The van der Waals surface area contributed by atoms with Crippen LogP contribution in [0.1, 0.15) is 23.6 Å². The number of H-pyrrole nitrogens is 1. The molecule has 4 amide bonds. The van der Waals surface area contributed by atoms with Crippen molar-refractivity contribution in [1.82, 2.24) is 20.9 Å². The predicted octanol–water partition coefficient (Wildman–Crippen LogP) is 2.89. The molecule has 1 aromatic heterocycles. The monoisotopic (exact) mass is 604 g/mol. The van der Waals surface area contributed by atoms with Gasteiger partial charge >= 0.3 is 0 Å². The Morgan fingerprint density at radius 2 is 1.29 bits per heavy atom. The van der Waals surface area contributed by atoms with E-state index in [1.54, 1.807) is 30.5 Å². The van der Waals surface area contributed by atoms with E-state index in [0.29, 0.717) is 5.69 Å². The van der Waals surface area contributed by atoms with Gasteiger partial charge < -0.3 is 32.4 Å². The first-order chi connectivity index (χ1) is 21.7. The van der Waals surface area contributed by atoms with Gasteiger partial charge in [-0.25, -0.2) is 0 Å². The molecule has 5 rings (SSSR count). The molecule has 8 N–H and O–H groups in total. The maximum Gasteiger partial charge on any atom is 0.243 e. The van der Waals surface area contributed by atoms with Gasteiger partial charge in [-0.15, -0.1) is 0 Å². The van der Waals surface area contributed by atoms with Crippen LogP contribution >= 0.6 is 0 Å². The number of nitrogens with one attached hydrogen (secondary N) is 4. The van der Waals surface area contributed by atoms with Crippen molar-refractivity contribution in [2.24, 2.45) is 5.73 Å². The Morgan fingerprint density at radius 3 is 2.00 bits per heavy atom.